The van der Waals surface area contributed by atoms with Crippen molar-refractivity contribution in [3.8, 4) is 0 Å². The van der Waals surface area contributed by atoms with E-state index in [0.29, 0.717) is 18.0 Å². The first-order valence-corrected chi connectivity index (χ1v) is 6.64. The quantitative estimate of drug-likeness (QED) is 0.778. The Morgan fingerprint density at radius 3 is 2.69 bits per heavy atom. The van der Waals surface area contributed by atoms with Crippen molar-refractivity contribution >= 4 is 5.91 Å². The Balaban J connectivity index is 2.56. The molecule has 3 heteroatoms. The van der Waals surface area contributed by atoms with Crippen molar-refractivity contribution in [3.05, 3.63) is 0 Å². The minimum absolute atomic E-state index is 0.106. The highest BCUT2D eigenvalue weighted by Gasteiger charge is 2.34. The molecule has 0 aromatic carbocycles. The van der Waals surface area contributed by atoms with E-state index in [1.807, 2.05) is 6.92 Å². The molecule has 0 radical (unpaired) electrons. The van der Waals surface area contributed by atoms with Crippen LogP contribution < -0.4 is 5.32 Å². The van der Waals surface area contributed by atoms with Gasteiger partial charge in [0.1, 0.15) is 0 Å². The van der Waals surface area contributed by atoms with Crippen LogP contribution in [0.4, 0.5) is 0 Å². The maximum atomic E-state index is 12.3. The van der Waals surface area contributed by atoms with Gasteiger partial charge in [-0.2, -0.15) is 0 Å². The molecule has 1 fully saturated rings. The van der Waals surface area contributed by atoms with Crippen molar-refractivity contribution < 1.29 is 4.79 Å². The van der Waals surface area contributed by atoms with Gasteiger partial charge in [0.05, 0.1) is 0 Å². The van der Waals surface area contributed by atoms with Crippen molar-refractivity contribution in [2.75, 3.05) is 13.1 Å². The predicted octanol–water partition coefficient (Wildman–Crippen LogP) is 2.02. The molecule has 1 aliphatic heterocycles. The van der Waals surface area contributed by atoms with Crippen LogP contribution in [-0.4, -0.2) is 36.0 Å². The maximum absolute atomic E-state index is 12.3. The van der Waals surface area contributed by atoms with Gasteiger partial charge >= 0.3 is 0 Å². The molecule has 16 heavy (non-hydrogen) atoms. The van der Waals surface area contributed by atoms with E-state index in [0.717, 1.165) is 25.9 Å². The van der Waals surface area contributed by atoms with E-state index >= 15 is 0 Å². The summed E-state index contributed by atoms with van der Waals surface area (Å²) in [6, 6.07) is 0.910. The molecule has 94 valence electrons. The van der Waals surface area contributed by atoms with Gasteiger partial charge in [-0.05, 0) is 32.7 Å². The van der Waals surface area contributed by atoms with E-state index in [-0.39, 0.29) is 5.92 Å². The van der Waals surface area contributed by atoms with Gasteiger partial charge < -0.3 is 10.2 Å². The van der Waals surface area contributed by atoms with Crippen LogP contribution in [0.15, 0.2) is 0 Å². The average Bonchev–Trinajstić information content (AvgIpc) is 2.66. The van der Waals surface area contributed by atoms with Gasteiger partial charge in [-0.3, -0.25) is 4.79 Å². The molecular formula is C13H26N2O. The predicted molar refractivity (Wildman–Crippen MR) is 67.3 cm³/mol. The second-order valence-corrected chi connectivity index (χ2v) is 4.94. The Morgan fingerprint density at radius 2 is 2.12 bits per heavy atom. The van der Waals surface area contributed by atoms with Crippen molar-refractivity contribution in [1.29, 1.82) is 0 Å². The molecule has 0 aromatic heterocycles. The topological polar surface area (TPSA) is 32.3 Å². The summed E-state index contributed by atoms with van der Waals surface area (Å²) in [5.74, 6) is 0.437. The third kappa shape index (κ3) is 2.97. The van der Waals surface area contributed by atoms with Crippen LogP contribution in [-0.2, 0) is 4.79 Å². The van der Waals surface area contributed by atoms with Gasteiger partial charge in [-0.25, -0.2) is 0 Å². The smallest absolute Gasteiger partial charge is 0.227 e. The minimum atomic E-state index is 0.106. The summed E-state index contributed by atoms with van der Waals surface area (Å²) in [6.07, 6.45) is 3.43. The van der Waals surface area contributed by atoms with Crippen LogP contribution in [0.3, 0.4) is 0 Å². The molecule has 0 bridgehead atoms. The van der Waals surface area contributed by atoms with E-state index in [9.17, 15) is 4.79 Å². The van der Waals surface area contributed by atoms with Gasteiger partial charge in [0.2, 0.25) is 5.91 Å². The fourth-order valence-corrected chi connectivity index (χ4v) is 2.57. The Morgan fingerprint density at radius 1 is 1.44 bits per heavy atom. The van der Waals surface area contributed by atoms with Crippen LogP contribution >= 0.6 is 0 Å². The molecule has 3 atom stereocenters. The Hall–Kier alpha value is -0.570. The normalized spacial score (nSPS) is 27.1. The zero-order valence-corrected chi connectivity index (χ0v) is 11.1. The molecule has 1 aliphatic rings. The van der Waals surface area contributed by atoms with Crippen molar-refractivity contribution in [1.82, 2.24) is 10.2 Å². The zero-order valence-electron chi connectivity index (χ0n) is 11.1. The van der Waals surface area contributed by atoms with E-state index in [2.05, 4.69) is 31.0 Å². The fraction of sp³-hybridized carbons (Fsp3) is 0.923. The third-order valence-electron chi connectivity index (χ3n) is 3.63. The molecule has 0 aromatic rings. The van der Waals surface area contributed by atoms with Crippen LogP contribution in [0.1, 0.15) is 47.0 Å². The van der Waals surface area contributed by atoms with E-state index < -0.39 is 0 Å². The summed E-state index contributed by atoms with van der Waals surface area (Å²) in [4.78, 5) is 14.4. The molecule has 3 unspecified atom stereocenters. The number of nitrogens with one attached hydrogen (secondary N) is 1. The van der Waals surface area contributed by atoms with E-state index in [4.69, 9.17) is 0 Å². The number of likely N-dealkylation sites (tertiary alicyclic amines) is 1. The minimum Gasteiger partial charge on any atom is -0.337 e. The average molecular weight is 226 g/mol. The molecule has 1 N–H and O–H groups in total. The largest absolute Gasteiger partial charge is 0.337 e. The SMILES string of the molecule is CCNCC(C)C(=O)N1C(C)CCC1CC. The molecule has 0 aliphatic carbocycles. The number of nitrogens with zero attached hydrogens (tertiary/aromatic N) is 1. The highest BCUT2D eigenvalue weighted by molar-refractivity contribution is 5.79. The van der Waals surface area contributed by atoms with Crippen LogP contribution in [0.2, 0.25) is 0 Å². The number of amides is 1. The number of carbonyl (C=O) groups excluding carboxylic acids is 1. The molecular weight excluding hydrogens is 200 g/mol. The second kappa shape index (κ2) is 6.24. The van der Waals surface area contributed by atoms with Crippen LogP contribution in [0.25, 0.3) is 0 Å². The highest BCUT2D eigenvalue weighted by atomic mass is 16.2. The number of hydrogen-bond acceptors (Lipinski definition) is 2. The zero-order chi connectivity index (χ0) is 12.1. The molecule has 1 amide bonds. The summed E-state index contributed by atoms with van der Waals surface area (Å²) >= 11 is 0. The lowest BCUT2D eigenvalue weighted by Crippen LogP contribution is -2.44. The van der Waals surface area contributed by atoms with Gasteiger partial charge in [0, 0.05) is 24.5 Å². The van der Waals surface area contributed by atoms with E-state index in [1.165, 1.54) is 6.42 Å². The van der Waals surface area contributed by atoms with Crippen molar-refractivity contribution in [2.45, 2.75) is 59.0 Å². The van der Waals surface area contributed by atoms with Gasteiger partial charge in [0.25, 0.3) is 0 Å². The maximum Gasteiger partial charge on any atom is 0.227 e. The lowest BCUT2D eigenvalue weighted by molar-refractivity contribution is -0.137. The summed E-state index contributed by atoms with van der Waals surface area (Å²) in [7, 11) is 0. The van der Waals surface area contributed by atoms with Gasteiger partial charge in [-0.1, -0.05) is 20.8 Å². The first kappa shape index (κ1) is 13.5. The summed E-state index contributed by atoms with van der Waals surface area (Å²) in [6.45, 7) is 10.2. The Kier molecular flexibility index (Phi) is 5.26. The summed E-state index contributed by atoms with van der Waals surface area (Å²) < 4.78 is 0. The third-order valence-corrected chi connectivity index (χ3v) is 3.63. The van der Waals surface area contributed by atoms with Gasteiger partial charge in [-0.15, -0.1) is 0 Å². The standard InChI is InChI=1S/C13H26N2O/c1-5-12-8-7-11(4)15(12)13(16)10(3)9-14-6-2/h10-12,14H,5-9H2,1-4H3. The number of hydrogen-bond donors (Lipinski definition) is 1. The Bertz CT molecular complexity index is 230. The monoisotopic (exact) mass is 226 g/mol. The van der Waals surface area contributed by atoms with Crippen LogP contribution in [0, 0.1) is 5.92 Å². The molecule has 3 nitrogen and oxygen atoms in total. The Labute approximate surface area is 99.6 Å². The summed E-state index contributed by atoms with van der Waals surface area (Å²) in [5.41, 5.74) is 0. The van der Waals surface area contributed by atoms with Crippen molar-refractivity contribution in [2.24, 2.45) is 5.92 Å². The van der Waals surface area contributed by atoms with Crippen LogP contribution in [0.5, 0.6) is 0 Å². The van der Waals surface area contributed by atoms with E-state index in [1.54, 1.807) is 0 Å². The lowest BCUT2D eigenvalue weighted by Gasteiger charge is -2.30. The fourth-order valence-electron chi connectivity index (χ4n) is 2.57. The number of carbonyl (C=O) groups is 1. The second-order valence-electron chi connectivity index (χ2n) is 4.94. The highest BCUT2D eigenvalue weighted by Crippen LogP contribution is 2.27. The first-order valence-electron chi connectivity index (χ1n) is 6.64. The molecule has 1 rings (SSSR count). The molecule has 0 saturated carbocycles. The van der Waals surface area contributed by atoms with Gasteiger partial charge in [0.15, 0.2) is 0 Å². The lowest BCUT2D eigenvalue weighted by atomic mass is 10.1. The molecule has 1 saturated heterocycles. The van der Waals surface area contributed by atoms with Crippen molar-refractivity contribution in [3.63, 3.8) is 0 Å². The molecule has 1 heterocycles. The number of rotatable bonds is 5. The molecule has 0 spiro atoms. The summed E-state index contributed by atoms with van der Waals surface area (Å²) in [5, 5.41) is 3.25. The first-order chi connectivity index (χ1) is 7.61.